The number of aryl methyl sites for hydroxylation is 1. The molecule has 0 atom stereocenters. The van der Waals surface area contributed by atoms with E-state index >= 15 is 0 Å². The highest BCUT2D eigenvalue weighted by atomic mass is 32.1. The first-order valence-electron chi connectivity index (χ1n) is 4.72. The summed E-state index contributed by atoms with van der Waals surface area (Å²) in [6.45, 7) is 0. The number of rotatable bonds is 1. The lowest BCUT2D eigenvalue weighted by Crippen LogP contribution is -2.09. The minimum atomic E-state index is -0.248. The molecule has 82 valence electrons. The van der Waals surface area contributed by atoms with E-state index < -0.39 is 0 Å². The number of nitrogens with zero attached hydrogens (tertiary/aromatic N) is 5. The van der Waals surface area contributed by atoms with Crippen LogP contribution in [0.5, 0.6) is 0 Å². The molecule has 0 saturated heterocycles. The first-order chi connectivity index (χ1) is 8.26. The molecular formula is C11H7N5S. The lowest BCUT2D eigenvalue weighted by Gasteiger charge is -1.92. The van der Waals surface area contributed by atoms with Crippen molar-refractivity contribution in [3.05, 3.63) is 29.1 Å². The summed E-state index contributed by atoms with van der Waals surface area (Å²) in [5, 5.41) is 24.6. The van der Waals surface area contributed by atoms with Crippen molar-refractivity contribution in [3.8, 4) is 12.1 Å². The van der Waals surface area contributed by atoms with Gasteiger partial charge in [0.1, 0.15) is 12.1 Å². The number of thiazole rings is 1. The van der Waals surface area contributed by atoms with E-state index in [4.69, 9.17) is 10.5 Å². The minimum Gasteiger partial charge on any atom is -0.318 e. The SMILES string of the molecule is Cn1/c(=N/N=C(C#N)C#N)sc2ccccc21. The zero-order valence-corrected chi connectivity index (χ0v) is 9.77. The molecule has 5 nitrogen and oxygen atoms in total. The Hall–Kier alpha value is -2.44. The lowest BCUT2D eigenvalue weighted by molar-refractivity contribution is 0.889. The van der Waals surface area contributed by atoms with Crippen molar-refractivity contribution in [1.29, 1.82) is 10.5 Å². The summed E-state index contributed by atoms with van der Waals surface area (Å²) in [6.07, 6.45) is 0. The van der Waals surface area contributed by atoms with Crippen LogP contribution in [0.3, 0.4) is 0 Å². The number of hydrogen-bond acceptors (Lipinski definition) is 5. The largest absolute Gasteiger partial charge is 0.318 e. The normalized spacial score (nSPS) is 10.9. The molecule has 1 aromatic carbocycles. The summed E-state index contributed by atoms with van der Waals surface area (Å²) in [5.74, 6) is 0. The summed E-state index contributed by atoms with van der Waals surface area (Å²) in [7, 11) is 1.87. The van der Waals surface area contributed by atoms with Crippen molar-refractivity contribution < 1.29 is 0 Å². The van der Waals surface area contributed by atoms with Gasteiger partial charge in [-0.3, -0.25) is 0 Å². The van der Waals surface area contributed by atoms with Gasteiger partial charge in [0, 0.05) is 7.05 Å². The molecule has 0 saturated carbocycles. The molecular weight excluding hydrogens is 234 g/mol. The number of hydrogen-bond donors (Lipinski definition) is 0. The van der Waals surface area contributed by atoms with Gasteiger partial charge in [0.2, 0.25) is 10.5 Å². The Morgan fingerprint density at radius 1 is 1.29 bits per heavy atom. The van der Waals surface area contributed by atoms with Crippen molar-refractivity contribution in [1.82, 2.24) is 4.57 Å². The van der Waals surface area contributed by atoms with Crippen LogP contribution in [0.4, 0.5) is 0 Å². The molecule has 0 amide bonds. The standard InChI is InChI=1S/C11H7N5S/c1-16-9-4-2-3-5-10(9)17-11(16)15-14-8(6-12)7-13/h2-5H,1H3/b15-11-. The van der Waals surface area contributed by atoms with Gasteiger partial charge in [-0.05, 0) is 12.1 Å². The molecule has 6 heteroatoms. The van der Waals surface area contributed by atoms with Crippen molar-refractivity contribution in [2.24, 2.45) is 17.3 Å². The predicted octanol–water partition coefficient (Wildman–Crippen LogP) is 1.54. The zero-order valence-electron chi connectivity index (χ0n) is 8.95. The van der Waals surface area contributed by atoms with Crippen LogP contribution in [0.1, 0.15) is 0 Å². The van der Waals surface area contributed by atoms with Gasteiger partial charge in [-0.15, -0.1) is 10.2 Å². The first-order valence-corrected chi connectivity index (χ1v) is 5.54. The Morgan fingerprint density at radius 3 is 2.65 bits per heavy atom. The van der Waals surface area contributed by atoms with Crippen molar-refractivity contribution in [2.75, 3.05) is 0 Å². The maximum Gasteiger partial charge on any atom is 0.239 e. The molecule has 2 rings (SSSR count). The molecule has 0 spiro atoms. The second kappa shape index (κ2) is 4.60. The van der Waals surface area contributed by atoms with Gasteiger partial charge >= 0.3 is 0 Å². The Kier molecular flexibility index (Phi) is 2.99. The van der Waals surface area contributed by atoms with E-state index in [0.29, 0.717) is 4.80 Å². The van der Waals surface area contributed by atoms with Crippen LogP contribution in [-0.2, 0) is 7.05 Å². The molecule has 0 bridgehead atoms. The minimum absolute atomic E-state index is 0.248. The van der Waals surface area contributed by atoms with Gasteiger partial charge in [-0.1, -0.05) is 23.5 Å². The molecule has 0 aliphatic carbocycles. The smallest absolute Gasteiger partial charge is 0.239 e. The van der Waals surface area contributed by atoms with Crippen LogP contribution in [0.2, 0.25) is 0 Å². The van der Waals surface area contributed by atoms with E-state index in [1.54, 1.807) is 12.1 Å². The van der Waals surface area contributed by atoms with E-state index in [9.17, 15) is 0 Å². The molecule has 0 unspecified atom stereocenters. The molecule has 0 N–H and O–H groups in total. The predicted molar refractivity (Wildman–Crippen MR) is 65.0 cm³/mol. The van der Waals surface area contributed by atoms with Gasteiger partial charge in [0.25, 0.3) is 0 Å². The maximum absolute atomic E-state index is 8.55. The van der Waals surface area contributed by atoms with Crippen LogP contribution in [0, 0.1) is 22.7 Å². The van der Waals surface area contributed by atoms with E-state index in [-0.39, 0.29) is 5.71 Å². The van der Waals surface area contributed by atoms with E-state index in [1.807, 2.05) is 35.9 Å². The van der Waals surface area contributed by atoms with Crippen LogP contribution in [-0.4, -0.2) is 10.3 Å². The summed E-state index contributed by atoms with van der Waals surface area (Å²) >= 11 is 1.46. The van der Waals surface area contributed by atoms with Gasteiger partial charge in [0.05, 0.1) is 10.2 Å². The summed E-state index contributed by atoms with van der Waals surface area (Å²) in [6, 6.07) is 11.2. The van der Waals surface area contributed by atoms with Gasteiger partial charge in [0.15, 0.2) is 0 Å². The fourth-order valence-electron chi connectivity index (χ4n) is 1.34. The van der Waals surface area contributed by atoms with Crippen LogP contribution in [0.25, 0.3) is 10.2 Å². The molecule has 0 radical (unpaired) electrons. The molecule has 0 aliphatic heterocycles. The Morgan fingerprint density at radius 2 is 2.00 bits per heavy atom. The van der Waals surface area contributed by atoms with Crippen molar-refractivity contribution >= 4 is 27.3 Å². The van der Waals surface area contributed by atoms with Gasteiger partial charge < -0.3 is 4.57 Å². The second-order valence-electron chi connectivity index (χ2n) is 3.18. The number of para-hydroxylation sites is 1. The second-order valence-corrected chi connectivity index (χ2v) is 4.19. The highest BCUT2D eigenvalue weighted by Crippen LogP contribution is 2.14. The van der Waals surface area contributed by atoms with Gasteiger partial charge in [-0.25, -0.2) is 0 Å². The number of benzene rings is 1. The van der Waals surface area contributed by atoms with Crippen molar-refractivity contribution in [3.63, 3.8) is 0 Å². The van der Waals surface area contributed by atoms with E-state index in [0.717, 1.165) is 10.2 Å². The average Bonchev–Trinajstić information content (AvgIpc) is 2.68. The van der Waals surface area contributed by atoms with Crippen LogP contribution < -0.4 is 4.80 Å². The molecule has 1 aromatic heterocycles. The Labute approximate surface area is 101 Å². The monoisotopic (exact) mass is 241 g/mol. The summed E-state index contributed by atoms with van der Waals surface area (Å²) < 4.78 is 2.95. The highest BCUT2D eigenvalue weighted by Gasteiger charge is 2.00. The fraction of sp³-hybridized carbons (Fsp3) is 0.0909. The van der Waals surface area contributed by atoms with Crippen LogP contribution >= 0.6 is 11.3 Å². The number of nitriles is 2. The third-order valence-electron chi connectivity index (χ3n) is 2.16. The molecule has 1 heterocycles. The average molecular weight is 241 g/mol. The quantitative estimate of drug-likeness (QED) is 0.561. The third kappa shape index (κ3) is 2.07. The summed E-state index contributed by atoms with van der Waals surface area (Å²) in [4.78, 5) is 0.647. The number of fused-ring (bicyclic) bond motifs is 1. The van der Waals surface area contributed by atoms with E-state index in [2.05, 4.69) is 10.2 Å². The Balaban J connectivity index is 2.62. The first kappa shape index (κ1) is 11.1. The topological polar surface area (TPSA) is 77.2 Å². The highest BCUT2D eigenvalue weighted by molar-refractivity contribution is 7.16. The van der Waals surface area contributed by atoms with Crippen LogP contribution in [0.15, 0.2) is 34.5 Å². The molecule has 17 heavy (non-hydrogen) atoms. The molecule has 2 aromatic rings. The van der Waals surface area contributed by atoms with Gasteiger partial charge in [-0.2, -0.15) is 10.5 Å². The summed E-state index contributed by atoms with van der Waals surface area (Å²) in [5.41, 5.74) is 0.796. The number of aromatic nitrogens is 1. The molecule has 0 fully saturated rings. The van der Waals surface area contributed by atoms with E-state index in [1.165, 1.54) is 11.3 Å². The lowest BCUT2D eigenvalue weighted by atomic mass is 10.3. The molecule has 0 aliphatic rings. The zero-order chi connectivity index (χ0) is 12.3. The van der Waals surface area contributed by atoms with Crippen molar-refractivity contribution in [2.45, 2.75) is 0 Å². The Bertz CT molecular complexity index is 720. The maximum atomic E-state index is 8.55. The third-order valence-corrected chi connectivity index (χ3v) is 3.27. The fourth-order valence-corrected chi connectivity index (χ4v) is 2.31.